The molecule has 3 aliphatic heterocycles. The minimum absolute atomic E-state index is 0.129. The maximum absolute atomic E-state index is 14.6. The lowest BCUT2D eigenvalue weighted by Crippen LogP contribution is -2.60. The summed E-state index contributed by atoms with van der Waals surface area (Å²) >= 11 is 6.56. The molecule has 0 aliphatic carbocycles. The molecule has 0 radical (unpaired) electrons. The third kappa shape index (κ3) is 3.68. The van der Waals surface area contributed by atoms with Crippen LogP contribution in [-0.2, 0) is 19.1 Å². The normalized spacial score (nSPS) is 32.3. The molecule has 7 atom stereocenters. The van der Waals surface area contributed by atoms with Crippen LogP contribution < -0.4 is 4.90 Å². The predicted octanol–water partition coefficient (Wildman–Crippen LogP) is 3.42. The van der Waals surface area contributed by atoms with Crippen molar-refractivity contribution >= 4 is 35.1 Å². The molecule has 3 aliphatic rings. The zero-order chi connectivity index (χ0) is 26.6. The molecule has 9 heteroatoms. The fraction of sp³-hybridized carbons (Fsp3) is 0.593. The number of benzene rings is 1. The van der Waals surface area contributed by atoms with Gasteiger partial charge in [0.25, 0.3) is 5.91 Å². The number of carboxylic acid groups (broad SMARTS) is 1. The molecular weight excluding hydrogens is 484 g/mol. The number of hydrogen-bond donors (Lipinski definition) is 2. The van der Waals surface area contributed by atoms with Crippen molar-refractivity contribution in [3.05, 3.63) is 41.4 Å². The van der Waals surface area contributed by atoms with Crippen LogP contribution in [0, 0.1) is 24.7 Å². The number of carboxylic acids is 1. The Morgan fingerprint density at radius 2 is 2.08 bits per heavy atom. The van der Waals surface area contributed by atoms with Crippen LogP contribution in [0.4, 0.5) is 5.69 Å². The summed E-state index contributed by atoms with van der Waals surface area (Å²) in [7, 11) is 0. The second-order valence-corrected chi connectivity index (χ2v) is 11.0. The standard InChI is InChI=1S/C27H35ClN2O6/c1-6-13-29(21-16(4)9-8-10-17(21)28)24(33)22-27-12-11-26(5,36-27)20(25(34)35)19(27)23(32)30(22)18(14-31)15(3)7-2/h6,8-10,15,18-20,22,31H,1,7,11-14H2,2-5H3,(H,34,35)/t15-,18-,19-,20+,22?,26-,27?/m0/s1. The number of fused-ring (bicyclic) bond motifs is 1. The van der Waals surface area contributed by atoms with Gasteiger partial charge in [-0.05, 0) is 44.2 Å². The summed E-state index contributed by atoms with van der Waals surface area (Å²) in [6.07, 6.45) is 3.04. The molecule has 36 heavy (non-hydrogen) atoms. The zero-order valence-electron chi connectivity index (χ0n) is 21.2. The largest absolute Gasteiger partial charge is 0.481 e. The molecule has 2 bridgehead atoms. The van der Waals surface area contributed by atoms with Crippen LogP contribution in [-0.4, -0.2) is 69.3 Å². The monoisotopic (exact) mass is 518 g/mol. The number of aliphatic carboxylic acids is 1. The molecule has 196 valence electrons. The van der Waals surface area contributed by atoms with Gasteiger partial charge in [0.1, 0.15) is 11.6 Å². The molecule has 3 fully saturated rings. The molecule has 1 aromatic carbocycles. The Labute approximate surface area is 216 Å². The van der Waals surface area contributed by atoms with E-state index in [0.717, 1.165) is 5.56 Å². The SMILES string of the molecule is C=CCN(C(=O)C1N([C@@H](CO)[C@@H](C)CC)C(=O)[C@@H]2[C@H](C(=O)O)[C@]3(C)CCC12O3)c1c(C)cccc1Cl. The Kier molecular flexibility index (Phi) is 7.01. The van der Waals surface area contributed by atoms with Crippen molar-refractivity contribution in [1.82, 2.24) is 4.90 Å². The Bertz CT molecular complexity index is 1070. The molecule has 4 rings (SSSR count). The highest BCUT2D eigenvalue weighted by Crippen LogP contribution is 2.63. The summed E-state index contributed by atoms with van der Waals surface area (Å²) in [4.78, 5) is 44.0. The highest BCUT2D eigenvalue weighted by Gasteiger charge is 2.79. The average Bonchev–Trinajstić information content (AvgIpc) is 3.39. The van der Waals surface area contributed by atoms with Gasteiger partial charge in [-0.25, -0.2) is 0 Å². The van der Waals surface area contributed by atoms with E-state index < -0.39 is 52.9 Å². The summed E-state index contributed by atoms with van der Waals surface area (Å²) in [6, 6.07) is 3.56. The lowest BCUT2D eigenvalue weighted by Gasteiger charge is -2.41. The van der Waals surface area contributed by atoms with Crippen LogP contribution in [0.2, 0.25) is 5.02 Å². The van der Waals surface area contributed by atoms with Crippen molar-refractivity contribution in [2.45, 2.75) is 70.2 Å². The Hall–Kier alpha value is -2.42. The quantitative estimate of drug-likeness (QED) is 0.485. The number of hydrogen-bond acceptors (Lipinski definition) is 5. The van der Waals surface area contributed by atoms with Crippen molar-refractivity contribution in [2.24, 2.45) is 17.8 Å². The van der Waals surface area contributed by atoms with Gasteiger partial charge in [-0.3, -0.25) is 14.4 Å². The van der Waals surface area contributed by atoms with Gasteiger partial charge in [-0.2, -0.15) is 0 Å². The molecule has 2 N–H and O–H groups in total. The fourth-order valence-corrected chi connectivity index (χ4v) is 7.05. The first-order valence-corrected chi connectivity index (χ1v) is 12.9. The highest BCUT2D eigenvalue weighted by molar-refractivity contribution is 6.34. The molecule has 0 saturated carbocycles. The summed E-state index contributed by atoms with van der Waals surface area (Å²) in [5, 5.41) is 20.9. The van der Waals surface area contributed by atoms with Crippen LogP contribution in [0.25, 0.3) is 0 Å². The lowest BCUT2D eigenvalue weighted by atomic mass is 9.66. The van der Waals surface area contributed by atoms with E-state index in [-0.39, 0.29) is 19.1 Å². The number of rotatable bonds is 9. The molecular formula is C27H35ClN2O6. The van der Waals surface area contributed by atoms with Gasteiger partial charge >= 0.3 is 5.97 Å². The summed E-state index contributed by atoms with van der Waals surface area (Å²) in [6.45, 7) is 11.0. The van der Waals surface area contributed by atoms with Gasteiger partial charge < -0.3 is 24.7 Å². The fourth-order valence-electron chi connectivity index (χ4n) is 6.72. The molecule has 0 aromatic heterocycles. The number of aliphatic hydroxyl groups excluding tert-OH is 1. The number of ether oxygens (including phenoxy) is 1. The maximum atomic E-state index is 14.6. The van der Waals surface area contributed by atoms with E-state index in [1.807, 2.05) is 26.8 Å². The number of amides is 2. The zero-order valence-corrected chi connectivity index (χ0v) is 22.0. The minimum Gasteiger partial charge on any atom is -0.481 e. The number of likely N-dealkylation sites (tertiary alicyclic amines) is 1. The minimum atomic E-state index is -1.30. The average molecular weight is 519 g/mol. The number of carbonyl (C=O) groups excluding carboxylic acids is 2. The van der Waals surface area contributed by atoms with Crippen LogP contribution in [0.1, 0.15) is 45.6 Å². The number of aliphatic hydroxyl groups is 1. The summed E-state index contributed by atoms with van der Waals surface area (Å²) in [5.41, 5.74) is -1.07. The number of anilines is 1. The number of nitrogens with zero attached hydrogens (tertiary/aromatic N) is 2. The van der Waals surface area contributed by atoms with Gasteiger partial charge in [0.2, 0.25) is 5.91 Å². The molecule has 3 heterocycles. The third-order valence-electron chi connectivity index (χ3n) is 8.60. The predicted molar refractivity (Wildman–Crippen MR) is 136 cm³/mol. The van der Waals surface area contributed by atoms with Crippen LogP contribution in [0.15, 0.2) is 30.9 Å². The van der Waals surface area contributed by atoms with Gasteiger partial charge in [-0.1, -0.05) is 50.1 Å². The number of aryl methyl sites for hydroxylation is 1. The Balaban J connectivity index is 1.91. The number of halogens is 1. The van der Waals surface area contributed by atoms with Crippen LogP contribution in [0.3, 0.4) is 0 Å². The second-order valence-electron chi connectivity index (χ2n) is 10.6. The van der Waals surface area contributed by atoms with Gasteiger partial charge in [0.15, 0.2) is 0 Å². The van der Waals surface area contributed by atoms with Crippen molar-refractivity contribution in [3.63, 3.8) is 0 Å². The van der Waals surface area contributed by atoms with E-state index >= 15 is 0 Å². The molecule has 1 spiro atoms. The van der Waals surface area contributed by atoms with Crippen molar-refractivity contribution < 1.29 is 29.3 Å². The van der Waals surface area contributed by atoms with E-state index in [1.165, 1.54) is 9.80 Å². The second kappa shape index (κ2) is 9.47. The topological polar surface area (TPSA) is 107 Å². The first-order chi connectivity index (χ1) is 17.0. The molecule has 1 aromatic rings. The summed E-state index contributed by atoms with van der Waals surface area (Å²) in [5.74, 6) is -4.20. The highest BCUT2D eigenvalue weighted by atomic mass is 35.5. The molecule has 8 nitrogen and oxygen atoms in total. The van der Waals surface area contributed by atoms with E-state index in [0.29, 0.717) is 30.0 Å². The summed E-state index contributed by atoms with van der Waals surface area (Å²) < 4.78 is 6.48. The van der Waals surface area contributed by atoms with E-state index in [9.17, 15) is 24.6 Å². The van der Waals surface area contributed by atoms with Crippen LogP contribution in [0.5, 0.6) is 0 Å². The molecule has 2 amide bonds. The van der Waals surface area contributed by atoms with Gasteiger partial charge in [0, 0.05) is 6.54 Å². The number of para-hydroxylation sites is 1. The van der Waals surface area contributed by atoms with Gasteiger partial charge in [0.05, 0.1) is 40.8 Å². The van der Waals surface area contributed by atoms with E-state index in [2.05, 4.69) is 6.58 Å². The molecule has 2 unspecified atom stereocenters. The van der Waals surface area contributed by atoms with Crippen molar-refractivity contribution in [3.8, 4) is 0 Å². The van der Waals surface area contributed by atoms with E-state index in [1.54, 1.807) is 25.1 Å². The Morgan fingerprint density at radius 1 is 1.39 bits per heavy atom. The Morgan fingerprint density at radius 3 is 2.64 bits per heavy atom. The first kappa shape index (κ1) is 26.6. The van der Waals surface area contributed by atoms with Crippen molar-refractivity contribution in [1.29, 1.82) is 0 Å². The third-order valence-corrected chi connectivity index (χ3v) is 8.90. The number of carbonyl (C=O) groups is 3. The smallest absolute Gasteiger partial charge is 0.310 e. The van der Waals surface area contributed by atoms with Crippen LogP contribution >= 0.6 is 11.6 Å². The lowest BCUT2D eigenvalue weighted by molar-refractivity contribution is -0.156. The molecule has 3 saturated heterocycles. The van der Waals surface area contributed by atoms with Gasteiger partial charge in [-0.15, -0.1) is 6.58 Å². The van der Waals surface area contributed by atoms with Crippen molar-refractivity contribution in [2.75, 3.05) is 18.1 Å². The maximum Gasteiger partial charge on any atom is 0.310 e. The first-order valence-electron chi connectivity index (χ1n) is 12.5. The van der Waals surface area contributed by atoms with E-state index in [4.69, 9.17) is 16.3 Å².